The Morgan fingerprint density at radius 3 is 3.12 bits per heavy atom. The van der Waals surface area contributed by atoms with Crippen LogP contribution in [0.3, 0.4) is 0 Å². The van der Waals surface area contributed by atoms with Gasteiger partial charge >= 0.3 is 0 Å². The van der Waals surface area contributed by atoms with Gasteiger partial charge in [-0.15, -0.1) is 0 Å². The summed E-state index contributed by atoms with van der Waals surface area (Å²) in [5, 5.41) is 0.101. The van der Waals surface area contributed by atoms with Crippen molar-refractivity contribution in [2.75, 3.05) is 19.8 Å². The van der Waals surface area contributed by atoms with E-state index in [0.717, 1.165) is 19.4 Å². The number of hydrogen-bond acceptors (Lipinski definition) is 4. The predicted octanol–water partition coefficient (Wildman–Crippen LogP) is 0.115. The van der Waals surface area contributed by atoms with Gasteiger partial charge in [0.1, 0.15) is 0 Å². The highest BCUT2D eigenvalue weighted by atomic mass is 32.2. The maximum absolute atomic E-state index is 11.7. The van der Waals surface area contributed by atoms with Crippen molar-refractivity contribution >= 4 is 10.0 Å². The summed E-state index contributed by atoms with van der Waals surface area (Å²) in [6, 6.07) is 0. The number of sulfonamides is 1. The number of aromatic nitrogens is 2. The van der Waals surface area contributed by atoms with Gasteiger partial charge in [-0.3, -0.25) is 0 Å². The van der Waals surface area contributed by atoms with Gasteiger partial charge in [0.05, 0.1) is 19.1 Å². The van der Waals surface area contributed by atoms with Crippen molar-refractivity contribution in [2.24, 2.45) is 5.92 Å². The van der Waals surface area contributed by atoms with Crippen LogP contribution >= 0.6 is 0 Å². The number of hydrogen-bond donors (Lipinski definition) is 2. The first-order valence-electron chi connectivity index (χ1n) is 5.24. The van der Waals surface area contributed by atoms with E-state index in [0.29, 0.717) is 13.2 Å². The third kappa shape index (κ3) is 2.81. The lowest BCUT2D eigenvalue weighted by molar-refractivity contribution is 0.0568. The molecule has 16 heavy (non-hydrogen) atoms. The number of H-pyrrole nitrogens is 1. The molecule has 1 fully saturated rings. The fourth-order valence-corrected chi connectivity index (χ4v) is 2.68. The summed E-state index contributed by atoms with van der Waals surface area (Å²) in [5.41, 5.74) is 0. The molecule has 1 aliphatic rings. The van der Waals surface area contributed by atoms with Crippen LogP contribution < -0.4 is 4.72 Å². The van der Waals surface area contributed by atoms with Gasteiger partial charge in [0.15, 0.2) is 5.03 Å². The quantitative estimate of drug-likeness (QED) is 0.789. The lowest BCUT2D eigenvalue weighted by Crippen LogP contribution is -2.33. The second kappa shape index (κ2) is 4.94. The Hall–Kier alpha value is -0.920. The van der Waals surface area contributed by atoms with Crippen LogP contribution in [0.2, 0.25) is 0 Å². The Morgan fingerprint density at radius 2 is 2.50 bits per heavy atom. The molecule has 0 radical (unpaired) electrons. The Bertz CT molecular complexity index is 409. The molecule has 0 amide bonds. The standard InChI is InChI=1S/C9H15N3O3S/c13-16(14,9-5-10-7-11-9)12-4-8-2-1-3-15-6-8/h5,7-8,12H,1-4,6H2,(H,10,11). The number of ether oxygens (including phenoxy) is 1. The molecule has 1 aliphatic heterocycles. The van der Waals surface area contributed by atoms with Crippen molar-refractivity contribution in [3.63, 3.8) is 0 Å². The van der Waals surface area contributed by atoms with E-state index in [1.165, 1.54) is 12.5 Å². The molecule has 1 unspecified atom stereocenters. The summed E-state index contributed by atoms with van der Waals surface area (Å²) in [6.45, 7) is 1.83. The van der Waals surface area contributed by atoms with Crippen molar-refractivity contribution in [1.29, 1.82) is 0 Å². The van der Waals surface area contributed by atoms with E-state index < -0.39 is 10.0 Å². The third-order valence-electron chi connectivity index (χ3n) is 2.58. The van der Waals surface area contributed by atoms with E-state index in [1.807, 2.05) is 0 Å². The normalized spacial score (nSPS) is 22.1. The first-order chi connectivity index (χ1) is 7.68. The Morgan fingerprint density at radius 1 is 1.62 bits per heavy atom. The molecular weight excluding hydrogens is 230 g/mol. The molecule has 0 saturated carbocycles. The van der Waals surface area contributed by atoms with Gasteiger partial charge in [-0.25, -0.2) is 18.1 Å². The highest BCUT2D eigenvalue weighted by Crippen LogP contribution is 2.13. The SMILES string of the molecule is O=S(=O)(NCC1CCCOC1)c1cnc[nH]1. The summed E-state index contributed by atoms with van der Waals surface area (Å²) in [6.07, 6.45) is 4.64. The van der Waals surface area contributed by atoms with Crippen molar-refractivity contribution in [3.8, 4) is 0 Å². The van der Waals surface area contributed by atoms with E-state index >= 15 is 0 Å². The number of nitrogens with one attached hydrogen (secondary N) is 2. The zero-order chi connectivity index (χ0) is 11.4. The molecule has 0 spiro atoms. The topological polar surface area (TPSA) is 84.1 Å². The van der Waals surface area contributed by atoms with Crippen molar-refractivity contribution in [1.82, 2.24) is 14.7 Å². The number of rotatable bonds is 4. The van der Waals surface area contributed by atoms with Gasteiger partial charge in [0, 0.05) is 13.2 Å². The Kier molecular flexibility index (Phi) is 3.57. The highest BCUT2D eigenvalue weighted by Gasteiger charge is 2.19. The zero-order valence-corrected chi connectivity index (χ0v) is 9.66. The molecule has 1 aromatic rings. The minimum absolute atomic E-state index is 0.101. The van der Waals surface area contributed by atoms with Crippen LogP contribution in [0.15, 0.2) is 17.6 Å². The monoisotopic (exact) mass is 245 g/mol. The molecule has 2 N–H and O–H groups in total. The number of imidazole rings is 1. The molecule has 0 aromatic carbocycles. The first kappa shape index (κ1) is 11.6. The Labute approximate surface area is 94.5 Å². The van der Waals surface area contributed by atoms with Gasteiger partial charge in [-0.2, -0.15) is 0 Å². The molecule has 1 atom stereocenters. The molecule has 1 aromatic heterocycles. The van der Waals surface area contributed by atoms with Crippen molar-refractivity contribution in [2.45, 2.75) is 17.9 Å². The van der Waals surface area contributed by atoms with Crippen molar-refractivity contribution in [3.05, 3.63) is 12.5 Å². The van der Waals surface area contributed by atoms with Crippen LogP contribution in [0.5, 0.6) is 0 Å². The lowest BCUT2D eigenvalue weighted by Gasteiger charge is -2.21. The van der Waals surface area contributed by atoms with E-state index in [2.05, 4.69) is 14.7 Å². The molecule has 7 heteroatoms. The van der Waals surface area contributed by atoms with Crippen LogP contribution in [0.1, 0.15) is 12.8 Å². The molecule has 1 saturated heterocycles. The van der Waals surface area contributed by atoms with Crippen LogP contribution in [-0.2, 0) is 14.8 Å². The van der Waals surface area contributed by atoms with Crippen molar-refractivity contribution < 1.29 is 13.2 Å². The minimum atomic E-state index is -3.44. The molecule has 0 aliphatic carbocycles. The smallest absolute Gasteiger partial charge is 0.257 e. The van der Waals surface area contributed by atoms with Crippen LogP contribution in [-0.4, -0.2) is 38.1 Å². The highest BCUT2D eigenvalue weighted by molar-refractivity contribution is 7.89. The predicted molar refractivity (Wildman–Crippen MR) is 57.3 cm³/mol. The lowest BCUT2D eigenvalue weighted by atomic mass is 10.0. The molecular formula is C9H15N3O3S. The van der Waals surface area contributed by atoms with E-state index in [1.54, 1.807) is 0 Å². The molecule has 2 heterocycles. The molecule has 0 bridgehead atoms. The van der Waals surface area contributed by atoms with Gasteiger partial charge in [0.2, 0.25) is 0 Å². The van der Waals surface area contributed by atoms with E-state index in [-0.39, 0.29) is 10.9 Å². The largest absolute Gasteiger partial charge is 0.381 e. The number of aromatic amines is 1. The van der Waals surface area contributed by atoms with Gasteiger partial charge in [-0.1, -0.05) is 0 Å². The summed E-state index contributed by atoms with van der Waals surface area (Å²) in [7, 11) is -3.44. The van der Waals surface area contributed by atoms with Gasteiger partial charge < -0.3 is 9.72 Å². The summed E-state index contributed by atoms with van der Waals surface area (Å²) < 4.78 is 31.3. The molecule has 90 valence electrons. The average molecular weight is 245 g/mol. The zero-order valence-electron chi connectivity index (χ0n) is 8.85. The summed E-state index contributed by atoms with van der Waals surface area (Å²) in [5.74, 6) is 0.270. The second-order valence-electron chi connectivity index (χ2n) is 3.85. The van der Waals surface area contributed by atoms with Crippen LogP contribution in [0, 0.1) is 5.92 Å². The van der Waals surface area contributed by atoms with E-state index in [4.69, 9.17) is 4.74 Å². The average Bonchev–Trinajstić information content (AvgIpc) is 2.82. The summed E-state index contributed by atoms with van der Waals surface area (Å²) >= 11 is 0. The molecule has 2 rings (SSSR count). The van der Waals surface area contributed by atoms with Crippen LogP contribution in [0.4, 0.5) is 0 Å². The Balaban J connectivity index is 1.89. The number of nitrogens with zero attached hydrogens (tertiary/aromatic N) is 1. The molecule has 6 nitrogen and oxygen atoms in total. The summed E-state index contributed by atoms with van der Waals surface area (Å²) in [4.78, 5) is 6.26. The second-order valence-corrected chi connectivity index (χ2v) is 5.59. The fourth-order valence-electron chi connectivity index (χ4n) is 1.66. The van der Waals surface area contributed by atoms with E-state index in [9.17, 15) is 8.42 Å². The van der Waals surface area contributed by atoms with Gasteiger partial charge in [-0.05, 0) is 18.8 Å². The van der Waals surface area contributed by atoms with Gasteiger partial charge in [0.25, 0.3) is 10.0 Å². The first-order valence-corrected chi connectivity index (χ1v) is 6.72. The minimum Gasteiger partial charge on any atom is -0.381 e. The van der Waals surface area contributed by atoms with Crippen LogP contribution in [0.25, 0.3) is 0 Å². The third-order valence-corrected chi connectivity index (χ3v) is 3.93. The maximum Gasteiger partial charge on any atom is 0.257 e. The fraction of sp³-hybridized carbons (Fsp3) is 0.667. The maximum atomic E-state index is 11.7.